The fraction of sp³-hybridized carbons (Fsp3) is 0.250. The molecule has 1 atom stereocenters. The van der Waals surface area contributed by atoms with Crippen LogP contribution in [0.3, 0.4) is 0 Å². The molecule has 2 aromatic rings. The van der Waals surface area contributed by atoms with Gasteiger partial charge in [-0.05, 0) is 55.3 Å². The van der Waals surface area contributed by atoms with E-state index in [2.05, 4.69) is 5.32 Å². The molecule has 0 amide bonds. The second-order valence-corrected chi connectivity index (χ2v) is 4.99. The Kier molecular flexibility index (Phi) is 4.75. The van der Waals surface area contributed by atoms with E-state index < -0.39 is 11.6 Å². The number of aromatic hydroxyl groups is 2. The maximum atomic E-state index is 13.1. The number of rotatable bonds is 5. The number of phenols is 2. The second kappa shape index (κ2) is 6.54. The summed E-state index contributed by atoms with van der Waals surface area (Å²) >= 11 is 0. The molecule has 0 spiro atoms. The Morgan fingerprint density at radius 1 is 0.952 bits per heavy atom. The molecule has 0 aliphatic heterocycles. The summed E-state index contributed by atoms with van der Waals surface area (Å²) in [5.74, 6) is -1.19. The van der Waals surface area contributed by atoms with Gasteiger partial charge in [-0.3, -0.25) is 0 Å². The quantitative estimate of drug-likeness (QED) is 0.793. The molecule has 0 fully saturated rings. The Balaban J connectivity index is 1.93. The number of phenolic OH excluding ortho intramolecular Hbond substituents is 2. The van der Waals surface area contributed by atoms with Crippen molar-refractivity contribution in [3.8, 4) is 11.5 Å². The van der Waals surface area contributed by atoms with E-state index in [0.29, 0.717) is 18.5 Å². The lowest BCUT2D eigenvalue weighted by atomic mass is 10.1. The van der Waals surface area contributed by atoms with Crippen molar-refractivity contribution in [3.05, 3.63) is 59.2 Å². The van der Waals surface area contributed by atoms with Crippen LogP contribution in [0.4, 0.5) is 8.78 Å². The molecule has 0 saturated carbocycles. The van der Waals surface area contributed by atoms with Crippen LogP contribution < -0.4 is 5.32 Å². The fourth-order valence-corrected chi connectivity index (χ4v) is 2.17. The molecule has 0 aliphatic rings. The Morgan fingerprint density at radius 2 is 1.52 bits per heavy atom. The first-order chi connectivity index (χ1) is 9.94. The smallest absolute Gasteiger partial charge is 0.126 e. The molecule has 0 saturated heterocycles. The molecule has 3 N–H and O–H groups in total. The van der Waals surface area contributed by atoms with Gasteiger partial charge in [0, 0.05) is 18.2 Å². The lowest BCUT2D eigenvalue weighted by Gasteiger charge is -2.15. The van der Waals surface area contributed by atoms with Gasteiger partial charge in [0.05, 0.1) is 0 Å². The number of hydrogen-bond donors (Lipinski definition) is 3. The number of benzene rings is 2. The molecule has 0 radical (unpaired) electrons. The van der Waals surface area contributed by atoms with Crippen molar-refractivity contribution < 1.29 is 19.0 Å². The maximum Gasteiger partial charge on any atom is 0.126 e. The Labute approximate surface area is 121 Å². The average molecular weight is 293 g/mol. The van der Waals surface area contributed by atoms with Gasteiger partial charge in [-0.1, -0.05) is 0 Å². The van der Waals surface area contributed by atoms with E-state index in [0.717, 1.165) is 11.6 Å². The first-order valence-electron chi connectivity index (χ1n) is 6.65. The predicted molar refractivity (Wildman–Crippen MR) is 76.3 cm³/mol. The van der Waals surface area contributed by atoms with Crippen molar-refractivity contribution >= 4 is 0 Å². The van der Waals surface area contributed by atoms with Crippen molar-refractivity contribution in [1.29, 1.82) is 0 Å². The van der Waals surface area contributed by atoms with Crippen LogP contribution in [-0.2, 0) is 6.42 Å². The van der Waals surface area contributed by atoms with Gasteiger partial charge in [-0.15, -0.1) is 0 Å². The highest BCUT2D eigenvalue weighted by molar-refractivity contribution is 5.37. The van der Waals surface area contributed by atoms with Crippen LogP contribution in [0.15, 0.2) is 36.4 Å². The second-order valence-electron chi connectivity index (χ2n) is 4.99. The van der Waals surface area contributed by atoms with Gasteiger partial charge in [-0.2, -0.15) is 0 Å². The summed E-state index contributed by atoms with van der Waals surface area (Å²) in [6.45, 7) is 2.39. The SMILES string of the molecule is CC(NCCc1cc(F)cc(F)c1)c1cc(O)cc(O)c1. The van der Waals surface area contributed by atoms with Crippen molar-refractivity contribution in [2.45, 2.75) is 19.4 Å². The van der Waals surface area contributed by atoms with Crippen LogP contribution in [0.25, 0.3) is 0 Å². The van der Waals surface area contributed by atoms with Gasteiger partial charge in [0.2, 0.25) is 0 Å². The van der Waals surface area contributed by atoms with Gasteiger partial charge in [-0.25, -0.2) is 8.78 Å². The minimum atomic E-state index is -0.587. The third kappa shape index (κ3) is 4.43. The highest BCUT2D eigenvalue weighted by Gasteiger charge is 2.08. The first-order valence-corrected chi connectivity index (χ1v) is 6.65. The molecule has 0 bridgehead atoms. The molecule has 21 heavy (non-hydrogen) atoms. The summed E-state index contributed by atoms with van der Waals surface area (Å²) in [5, 5.41) is 22.0. The summed E-state index contributed by atoms with van der Waals surface area (Å²) in [5.41, 5.74) is 1.31. The van der Waals surface area contributed by atoms with E-state index in [9.17, 15) is 19.0 Å². The van der Waals surface area contributed by atoms with E-state index in [1.807, 2.05) is 6.92 Å². The molecule has 5 heteroatoms. The lowest BCUT2D eigenvalue weighted by Crippen LogP contribution is -2.21. The van der Waals surface area contributed by atoms with E-state index in [-0.39, 0.29) is 17.5 Å². The number of hydrogen-bond acceptors (Lipinski definition) is 3. The molecule has 0 aromatic heterocycles. The summed E-state index contributed by atoms with van der Waals surface area (Å²) < 4.78 is 26.1. The number of halogens is 2. The van der Waals surface area contributed by atoms with E-state index >= 15 is 0 Å². The van der Waals surface area contributed by atoms with E-state index in [1.165, 1.54) is 18.2 Å². The zero-order valence-corrected chi connectivity index (χ0v) is 11.6. The van der Waals surface area contributed by atoms with Crippen molar-refractivity contribution in [2.75, 3.05) is 6.54 Å². The van der Waals surface area contributed by atoms with Crippen molar-refractivity contribution in [3.63, 3.8) is 0 Å². The first kappa shape index (κ1) is 15.3. The van der Waals surface area contributed by atoms with Gasteiger partial charge < -0.3 is 15.5 Å². The summed E-state index contributed by atoms with van der Waals surface area (Å²) in [6.07, 6.45) is 0.476. The maximum absolute atomic E-state index is 13.1. The van der Waals surface area contributed by atoms with Gasteiger partial charge in [0.25, 0.3) is 0 Å². The third-order valence-electron chi connectivity index (χ3n) is 3.21. The van der Waals surface area contributed by atoms with Crippen molar-refractivity contribution in [2.24, 2.45) is 0 Å². The molecule has 1 unspecified atom stereocenters. The predicted octanol–water partition coefficient (Wildman–Crippen LogP) is 3.27. The molecule has 112 valence electrons. The van der Waals surface area contributed by atoms with Crippen molar-refractivity contribution in [1.82, 2.24) is 5.32 Å². The fourth-order valence-electron chi connectivity index (χ4n) is 2.17. The molecule has 2 aromatic carbocycles. The molecule has 2 rings (SSSR count). The van der Waals surface area contributed by atoms with E-state index in [4.69, 9.17) is 0 Å². The number of nitrogens with one attached hydrogen (secondary N) is 1. The monoisotopic (exact) mass is 293 g/mol. The third-order valence-corrected chi connectivity index (χ3v) is 3.21. The standard InChI is InChI=1S/C16H17F2NO2/c1-10(12-6-15(20)9-16(21)7-12)19-3-2-11-4-13(17)8-14(18)5-11/h4-10,19-21H,2-3H2,1H3. The van der Waals surface area contributed by atoms with Crippen LogP contribution in [0, 0.1) is 11.6 Å². The van der Waals surface area contributed by atoms with Crippen LogP contribution in [0.2, 0.25) is 0 Å². The zero-order valence-electron chi connectivity index (χ0n) is 11.6. The van der Waals surface area contributed by atoms with Crippen LogP contribution >= 0.6 is 0 Å². The molecule has 0 heterocycles. The normalized spacial score (nSPS) is 12.3. The Morgan fingerprint density at radius 3 is 2.10 bits per heavy atom. The topological polar surface area (TPSA) is 52.5 Å². The van der Waals surface area contributed by atoms with Gasteiger partial charge in [0.1, 0.15) is 23.1 Å². The lowest BCUT2D eigenvalue weighted by molar-refractivity contribution is 0.446. The molecule has 3 nitrogen and oxygen atoms in total. The molecule has 0 aliphatic carbocycles. The minimum absolute atomic E-state index is 0.00847. The Bertz CT molecular complexity index is 591. The summed E-state index contributed by atoms with van der Waals surface area (Å²) in [6, 6.07) is 7.70. The van der Waals surface area contributed by atoms with Gasteiger partial charge >= 0.3 is 0 Å². The van der Waals surface area contributed by atoms with Gasteiger partial charge in [0.15, 0.2) is 0 Å². The highest BCUT2D eigenvalue weighted by Crippen LogP contribution is 2.24. The Hall–Kier alpha value is -2.14. The highest BCUT2D eigenvalue weighted by atomic mass is 19.1. The molecular weight excluding hydrogens is 276 g/mol. The average Bonchev–Trinajstić information content (AvgIpc) is 2.36. The molecular formula is C16H17F2NO2. The van der Waals surface area contributed by atoms with Crippen LogP contribution in [-0.4, -0.2) is 16.8 Å². The minimum Gasteiger partial charge on any atom is -0.508 e. The zero-order chi connectivity index (χ0) is 15.4. The van der Waals surface area contributed by atoms with Crippen LogP contribution in [0.5, 0.6) is 11.5 Å². The largest absolute Gasteiger partial charge is 0.508 e. The summed E-state index contributed by atoms with van der Waals surface area (Å²) in [7, 11) is 0. The summed E-state index contributed by atoms with van der Waals surface area (Å²) in [4.78, 5) is 0. The van der Waals surface area contributed by atoms with E-state index in [1.54, 1.807) is 12.1 Å². The van der Waals surface area contributed by atoms with Crippen LogP contribution in [0.1, 0.15) is 24.1 Å².